The van der Waals surface area contributed by atoms with Crippen molar-refractivity contribution in [3.63, 3.8) is 0 Å². The molecule has 0 aliphatic carbocycles. The van der Waals surface area contributed by atoms with E-state index < -0.39 is 6.67 Å². The van der Waals surface area contributed by atoms with Crippen molar-refractivity contribution in [1.82, 2.24) is 10.6 Å². The van der Waals surface area contributed by atoms with Crippen LogP contribution in [0.25, 0.3) is 0 Å². The summed E-state index contributed by atoms with van der Waals surface area (Å²) in [5.74, 6) is 0. The molecule has 0 spiro atoms. The maximum Gasteiger partial charge on any atom is 0.318 e. The second kappa shape index (κ2) is 6.80. The van der Waals surface area contributed by atoms with E-state index in [1.54, 1.807) is 0 Å². The lowest BCUT2D eigenvalue weighted by Gasteiger charge is -1.94. The maximum atomic E-state index is 11.4. The fourth-order valence-electron chi connectivity index (χ4n) is 0.382. The van der Waals surface area contributed by atoms with Gasteiger partial charge in [-0.3, -0.25) is 0 Å². The highest BCUT2D eigenvalue weighted by molar-refractivity contribution is 5.74. The van der Waals surface area contributed by atoms with E-state index in [4.69, 9.17) is 0 Å². The molecule has 0 radical (unpaired) electrons. The highest BCUT2D eigenvalue weighted by Crippen LogP contribution is 1.75. The number of urea groups is 1. The minimum absolute atomic E-state index is 0.296. The Morgan fingerprint density at radius 3 is 2.82 bits per heavy atom. The van der Waals surface area contributed by atoms with Gasteiger partial charge in [-0.1, -0.05) is 12.2 Å². The molecule has 0 aliphatic heterocycles. The van der Waals surface area contributed by atoms with Crippen LogP contribution in [0.2, 0.25) is 0 Å². The van der Waals surface area contributed by atoms with E-state index in [2.05, 4.69) is 10.6 Å². The first-order valence-electron chi connectivity index (χ1n) is 3.17. The molecular weight excluding hydrogens is 147 g/mol. The quantitative estimate of drug-likeness (QED) is 0.590. The molecule has 2 N–H and O–H groups in total. The summed E-state index contributed by atoms with van der Waals surface area (Å²) in [4.78, 5) is 10.5. The summed E-state index contributed by atoms with van der Waals surface area (Å²) < 4.78 is 11.4. The minimum atomic E-state index is -0.496. The standard InChI is InChI=1S/C7H11FN2O/c1-9-7(11)10-6-4-2-3-5-8/h2-4,6H,5H2,1H3,(H2,9,10,11)/b3-2-,6-4+. The summed E-state index contributed by atoms with van der Waals surface area (Å²) >= 11 is 0. The average Bonchev–Trinajstić information content (AvgIpc) is 2.04. The van der Waals surface area contributed by atoms with Gasteiger partial charge in [0, 0.05) is 13.2 Å². The first kappa shape index (κ1) is 9.68. The van der Waals surface area contributed by atoms with Gasteiger partial charge in [-0.25, -0.2) is 9.18 Å². The number of nitrogens with one attached hydrogen (secondary N) is 2. The number of carbonyl (C=O) groups excluding carboxylic acids is 1. The number of amides is 2. The lowest BCUT2D eigenvalue weighted by atomic mass is 10.5. The van der Waals surface area contributed by atoms with Gasteiger partial charge in [0.15, 0.2) is 0 Å². The van der Waals surface area contributed by atoms with Crippen molar-refractivity contribution in [3.8, 4) is 0 Å². The summed E-state index contributed by atoms with van der Waals surface area (Å²) in [6.07, 6.45) is 5.80. The van der Waals surface area contributed by atoms with Crippen molar-refractivity contribution < 1.29 is 9.18 Å². The summed E-state index contributed by atoms with van der Waals surface area (Å²) in [7, 11) is 1.51. The number of hydrogen-bond acceptors (Lipinski definition) is 1. The largest absolute Gasteiger partial charge is 0.341 e. The predicted molar refractivity (Wildman–Crippen MR) is 41.8 cm³/mol. The second-order valence-corrected chi connectivity index (χ2v) is 1.67. The molecule has 2 amide bonds. The summed E-state index contributed by atoms with van der Waals surface area (Å²) in [6.45, 7) is -0.496. The Balaban J connectivity index is 3.44. The van der Waals surface area contributed by atoms with Crippen LogP contribution >= 0.6 is 0 Å². The van der Waals surface area contributed by atoms with Crippen LogP contribution in [0.3, 0.4) is 0 Å². The Kier molecular flexibility index (Phi) is 5.98. The van der Waals surface area contributed by atoms with E-state index in [0.29, 0.717) is 0 Å². The topological polar surface area (TPSA) is 41.1 Å². The zero-order valence-electron chi connectivity index (χ0n) is 6.30. The van der Waals surface area contributed by atoms with Crippen LogP contribution in [-0.2, 0) is 0 Å². The molecule has 0 saturated heterocycles. The van der Waals surface area contributed by atoms with Gasteiger partial charge in [0.1, 0.15) is 6.67 Å². The highest BCUT2D eigenvalue weighted by Gasteiger charge is 1.85. The molecule has 0 saturated carbocycles. The van der Waals surface area contributed by atoms with Crippen molar-refractivity contribution in [3.05, 3.63) is 24.4 Å². The van der Waals surface area contributed by atoms with Gasteiger partial charge in [0.2, 0.25) is 0 Å². The van der Waals surface area contributed by atoms with Gasteiger partial charge in [0.25, 0.3) is 0 Å². The first-order valence-corrected chi connectivity index (χ1v) is 3.17. The van der Waals surface area contributed by atoms with E-state index in [9.17, 15) is 9.18 Å². The van der Waals surface area contributed by atoms with E-state index >= 15 is 0 Å². The highest BCUT2D eigenvalue weighted by atomic mass is 19.1. The van der Waals surface area contributed by atoms with Gasteiger partial charge >= 0.3 is 6.03 Å². The molecule has 0 fully saturated rings. The van der Waals surface area contributed by atoms with Crippen LogP contribution in [0.5, 0.6) is 0 Å². The molecule has 0 atom stereocenters. The molecule has 0 aromatic heterocycles. The molecule has 4 heteroatoms. The maximum absolute atomic E-state index is 11.4. The number of halogens is 1. The minimum Gasteiger partial charge on any atom is -0.341 e. The second-order valence-electron chi connectivity index (χ2n) is 1.67. The fourth-order valence-corrected chi connectivity index (χ4v) is 0.382. The Morgan fingerprint density at radius 1 is 1.55 bits per heavy atom. The Labute approximate surface area is 65.0 Å². The van der Waals surface area contributed by atoms with Gasteiger partial charge in [0.05, 0.1) is 0 Å². The van der Waals surface area contributed by atoms with Crippen LogP contribution < -0.4 is 10.6 Å². The number of rotatable bonds is 3. The molecule has 11 heavy (non-hydrogen) atoms. The van der Waals surface area contributed by atoms with Crippen molar-refractivity contribution >= 4 is 6.03 Å². The number of alkyl halides is 1. The predicted octanol–water partition coefficient (Wildman–Crippen LogP) is 0.955. The third-order valence-electron chi connectivity index (χ3n) is 0.874. The Bertz CT molecular complexity index is 166. The van der Waals surface area contributed by atoms with Gasteiger partial charge in [-0.15, -0.1) is 0 Å². The van der Waals surface area contributed by atoms with Gasteiger partial charge < -0.3 is 10.6 Å². The van der Waals surface area contributed by atoms with E-state index in [1.165, 1.54) is 31.5 Å². The molecular formula is C7H11FN2O. The third kappa shape index (κ3) is 6.57. The summed E-state index contributed by atoms with van der Waals surface area (Å²) in [6, 6.07) is -0.296. The van der Waals surface area contributed by atoms with Crippen LogP contribution in [0, 0.1) is 0 Å². The average molecular weight is 158 g/mol. The number of carbonyl (C=O) groups is 1. The molecule has 0 heterocycles. The molecule has 0 rings (SSSR count). The molecule has 0 aromatic carbocycles. The van der Waals surface area contributed by atoms with Gasteiger partial charge in [-0.05, 0) is 6.08 Å². The zero-order chi connectivity index (χ0) is 8.53. The molecule has 3 nitrogen and oxygen atoms in total. The number of hydrogen-bond donors (Lipinski definition) is 2. The monoisotopic (exact) mass is 158 g/mol. The third-order valence-corrected chi connectivity index (χ3v) is 0.874. The molecule has 0 aliphatic rings. The Hall–Kier alpha value is -1.32. The first-order chi connectivity index (χ1) is 5.31. The van der Waals surface area contributed by atoms with Crippen LogP contribution in [0.15, 0.2) is 24.4 Å². The summed E-state index contributed by atoms with van der Waals surface area (Å²) in [5.41, 5.74) is 0. The van der Waals surface area contributed by atoms with Crippen molar-refractivity contribution in [1.29, 1.82) is 0 Å². The molecule has 0 bridgehead atoms. The van der Waals surface area contributed by atoms with E-state index in [1.807, 2.05) is 0 Å². The lowest BCUT2D eigenvalue weighted by molar-refractivity contribution is 0.246. The SMILES string of the molecule is CNC(=O)N/C=C/C=C\CF. The number of allylic oxidation sites excluding steroid dienone is 3. The van der Waals surface area contributed by atoms with Crippen LogP contribution in [0.4, 0.5) is 9.18 Å². The van der Waals surface area contributed by atoms with E-state index in [-0.39, 0.29) is 6.03 Å². The van der Waals surface area contributed by atoms with Gasteiger partial charge in [-0.2, -0.15) is 0 Å². The zero-order valence-corrected chi connectivity index (χ0v) is 6.30. The van der Waals surface area contributed by atoms with Crippen molar-refractivity contribution in [2.45, 2.75) is 0 Å². The smallest absolute Gasteiger partial charge is 0.318 e. The van der Waals surface area contributed by atoms with Crippen LogP contribution in [0.1, 0.15) is 0 Å². The normalized spacial score (nSPS) is 10.7. The molecule has 62 valence electrons. The molecule has 0 unspecified atom stereocenters. The van der Waals surface area contributed by atoms with Crippen molar-refractivity contribution in [2.75, 3.05) is 13.7 Å². The van der Waals surface area contributed by atoms with Crippen LogP contribution in [-0.4, -0.2) is 19.8 Å². The fraction of sp³-hybridized carbons (Fsp3) is 0.286. The lowest BCUT2D eigenvalue weighted by Crippen LogP contribution is -2.28. The molecule has 0 aromatic rings. The van der Waals surface area contributed by atoms with E-state index in [0.717, 1.165) is 0 Å². The Morgan fingerprint density at radius 2 is 2.27 bits per heavy atom. The summed E-state index contributed by atoms with van der Waals surface area (Å²) in [5, 5.41) is 4.74. The van der Waals surface area contributed by atoms with Crippen molar-refractivity contribution in [2.24, 2.45) is 0 Å².